The van der Waals surface area contributed by atoms with E-state index in [2.05, 4.69) is 9.97 Å². The van der Waals surface area contributed by atoms with Crippen LogP contribution in [0.2, 0.25) is 0 Å². The molecule has 1 aromatic heterocycles. The van der Waals surface area contributed by atoms with E-state index >= 15 is 0 Å². The fourth-order valence-corrected chi connectivity index (χ4v) is 2.09. The Morgan fingerprint density at radius 3 is 2.67 bits per heavy atom. The molecule has 0 radical (unpaired) electrons. The van der Waals surface area contributed by atoms with Crippen molar-refractivity contribution in [1.82, 2.24) is 9.97 Å². The number of nitrogens with two attached hydrogens (primary N) is 1. The fraction of sp³-hybridized carbons (Fsp3) is 0.125. The molecule has 0 aliphatic carbocycles. The predicted octanol–water partition coefficient (Wildman–Crippen LogP) is 3.32. The molecule has 5 heteroatoms. The van der Waals surface area contributed by atoms with Crippen molar-refractivity contribution in [3.8, 4) is 17.4 Å². The summed E-state index contributed by atoms with van der Waals surface area (Å²) in [4.78, 5) is 8.40. The summed E-state index contributed by atoms with van der Waals surface area (Å²) in [7, 11) is 1.61. The Labute approximate surface area is 122 Å². The number of anilines is 1. The summed E-state index contributed by atoms with van der Waals surface area (Å²) < 4.78 is 11.2. The summed E-state index contributed by atoms with van der Waals surface area (Å²) in [6.45, 7) is 2.00. The molecule has 0 unspecified atom stereocenters. The monoisotopic (exact) mass is 281 g/mol. The van der Waals surface area contributed by atoms with E-state index < -0.39 is 0 Å². The normalized spacial score (nSPS) is 10.6. The molecule has 0 spiro atoms. The molecule has 0 aliphatic rings. The lowest BCUT2D eigenvalue weighted by Crippen LogP contribution is -1.95. The molecule has 0 saturated carbocycles. The van der Waals surface area contributed by atoms with Gasteiger partial charge in [0.1, 0.15) is 6.33 Å². The predicted molar refractivity (Wildman–Crippen MR) is 81.8 cm³/mol. The average Bonchev–Trinajstić information content (AvgIpc) is 2.49. The number of aromatic nitrogens is 2. The van der Waals surface area contributed by atoms with Crippen LogP contribution in [0.3, 0.4) is 0 Å². The van der Waals surface area contributed by atoms with E-state index in [-0.39, 0.29) is 0 Å². The first-order valence-corrected chi connectivity index (χ1v) is 6.50. The van der Waals surface area contributed by atoms with Gasteiger partial charge >= 0.3 is 0 Å². The summed E-state index contributed by atoms with van der Waals surface area (Å²) >= 11 is 0. The summed E-state index contributed by atoms with van der Waals surface area (Å²) in [5, 5.41) is 0.800. The number of fused-ring (bicyclic) bond motifs is 1. The van der Waals surface area contributed by atoms with Crippen molar-refractivity contribution >= 4 is 16.6 Å². The molecule has 0 atom stereocenters. The first kappa shape index (κ1) is 13.2. The van der Waals surface area contributed by atoms with Crippen LogP contribution >= 0.6 is 0 Å². The minimum absolute atomic E-state index is 0.474. The molecule has 1 heterocycles. The van der Waals surface area contributed by atoms with Gasteiger partial charge in [-0.05, 0) is 42.8 Å². The molecule has 2 aromatic carbocycles. The Morgan fingerprint density at radius 1 is 1.00 bits per heavy atom. The van der Waals surface area contributed by atoms with Crippen LogP contribution in [0.25, 0.3) is 10.9 Å². The smallest absolute Gasteiger partial charge is 0.230 e. The minimum atomic E-state index is 0.474. The molecule has 0 aliphatic heterocycles. The first-order valence-electron chi connectivity index (χ1n) is 6.50. The maximum atomic E-state index is 5.89. The van der Waals surface area contributed by atoms with Crippen molar-refractivity contribution < 1.29 is 9.47 Å². The van der Waals surface area contributed by atoms with Gasteiger partial charge in [-0.25, -0.2) is 9.97 Å². The summed E-state index contributed by atoms with van der Waals surface area (Å²) in [6, 6.07) is 11.2. The van der Waals surface area contributed by atoms with Gasteiger partial charge < -0.3 is 15.2 Å². The largest absolute Gasteiger partial charge is 0.493 e. The lowest BCUT2D eigenvalue weighted by molar-refractivity contribution is 0.375. The third-order valence-electron chi connectivity index (χ3n) is 3.15. The summed E-state index contributed by atoms with van der Waals surface area (Å²) in [5.74, 6) is 1.75. The van der Waals surface area contributed by atoms with Crippen molar-refractivity contribution in [2.45, 2.75) is 6.92 Å². The highest BCUT2D eigenvalue weighted by atomic mass is 16.5. The number of ether oxygens (including phenoxy) is 2. The van der Waals surface area contributed by atoms with Crippen LogP contribution in [0, 0.1) is 6.92 Å². The standard InChI is InChI=1S/C16H15N3O2/c1-10-3-6-14(15(7-10)20-2)21-16-12-5-4-11(17)8-13(12)18-9-19-16/h3-9H,17H2,1-2H3. The highest BCUT2D eigenvalue weighted by Gasteiger charge is 2.10. The highest BCUT2D eigenvalue weighted by Crippen LogP contribution is 2.34. The van der Waals surface area contributed by atoms with Gasteiger partial charge in [0, 0.05) is 5.69 Å². The van der Waals surface area contributed by atoms with Crippen molar-refractivity contribution in [2.24, 2.45) is 0 Å². The number of aryl methyl sites for hydroxylation is 1. The van der Waals surface area contributed by atoms with Crippen molar-refractivity contribution in [3.05, 3.63) is 48.3 Å². The van der Waals surface area contributed by atoms with Crippen LogP contribution < -0.4 is 15.2 Å². The van der Waals surface area contributed by atoms with Gasteiger partial charge in [-0.3, -0.25) is 0 Å². The van der Waals surface area contributed by atoms with E-state index in [9.17, 15) is 0 Å². The third-order valence-corrected chi connectivity index (χ3v) is 3.15. The number of hydrogen-bond donors (Lipinski definition) is 1. The zero-order valence-corrected chi connectivity index (χ0v) is 11.8. The van der Waals surface area contributed by atoms with E-state index in [0.717, 1.165) is 16.5 Å². The number of nitrogens with zero attached hydrogens (tertiary/aromatic N) is 2. The lowest BCUT2D eigenvalue weighted by atomic mass is 10.2. The van der Waals surface area contributed by atoms with Gasteiger partial charge in [0.25, 0.3) is 0 Å². The van der Waals surface area contributed by atoms with Gasteiger partial charge in [0.05, 0.1) is 18.0 Å². The molecule has 0 saturated heterocycles. The van der Waals surface area contributed by atoms with Crippen LogP contribution in [0.1, 0.15) is 5.56 Å². The number of nitrogen functional groups attached to an aromatic ring is 1. The van der Waals surface area contributed by atoms with Gasteiger partial charge in [-0.15, -0.1) is 0 Å². The molecule has 21 heavy (non-hydrogen) atoms. The number of benzene rings is 2. The highest BCUT2D eigenvalue weighted by molar-refractivity contribution is 5.86. The SMILES string of the molecule is COc1cc(C)ccc1Oc1ncnc2cc(N)ccc12. The Bertz CT molecular complexity index is 803. The second-order valence-corrected chi connectivity index (χ2v) is 4.71. The average molecular weight is 281 g/mol. The van der Waals surface area contributed by atoms with Crippen molar-refractivity contribution in [1.29, 1.82) is 0 Å². The zero-order valence-electron chi connectivity index (χ0n) is 11.8. The molecular formula is C16H15N3O2. The number of methoxy groups -OCH3 is 1. The zero-order chi connectivity index (χ0) is 14.8. The van der Waals surface area contributed by atoms with Crippen LogP contribution in [0.4, 0.5) is 5.69 Å². The van der Waals surface area contributed by atoms with Gasteiger partial charge in [-0.1, -0.05) is 6.07 Å². The van der Waals surface area contributed by atoms with E-state index in [0.29, 0.717) is 23.1 Å². The molecule has 3 rings (SSSR count). The second-order valence-electron chi connectivity index (χ2n) is 4.71. The topological polar surface area (TPSA) is 70.3 Å². The molecule has 0 amide bonds. The fourth-order valence-electron chi connectivity index (χ4n) is 2.09. The molecule has 5 nitrogen and oxygen atoms in total. The quantitative estimate of drug-likeness (QED) is 0.746. The Hall–Kier alpha value is -2.82. The number of rotatable bonds is 3. The van der Waals surface area contributed by atoms with Gasteiger partial charge in [0.15, 0.2) is 11.5 Å². The van der Waals surface area contributed by atoms with E-state index in [1.807, 2.05) is 31.2 Å². The number of hydrogen-bond acceptors (Lipinski definition) is 5. The maximum absolute atomic E-state index is 5.89. The molecule has 106 valence electrons. The molecule has 2 N–H and O–H groups in total. The Balaban J connectivity index is 2.06. The van der Waals surface area contributed by atoms with Crippen molar-refractivity contribution in [2.75, 3.05) is 12.8 Å². The minimum Gasteiger partial charge on any atom is -0.493 e. The first-order chi connectivity index (χ1) is 10.2. The molecular weight excluding hydrogens is 266 g/mol. The Morgan fingerprint density at radius 2 is 1.86 bits per heavy atom. The maximum Gasteiger partial charge on any atom is 0.230 e. The van der Waals surface area contributed by atoms with E-state index in [4.69, 9.17) is 15.2 Å². The third kappa shape index (κ3) is 2.58. The summed E-state index contributed by atoms with van der Waals surface area (Å²) in [5.41, 5.74) is 8.26. The second kappa shape index (κ2) is 5.28. The molecule has 3 aromatic rings. The van der Waals surface area contributed by atoms with E-state index in [1.54, 1.807) is 19.2 Å². The van der Waals surface area contributed by atoms with Crippen LogP contribution in [0.5, 0.6) is 17.4 Å². The van der Waals surface area contributed by atoms with Crippen LogP contribution in [0.15, 0.2) is 42.7 Å². The summed E-state index contributed by atoms with van der Waals surface area (Å²) in [6.07, 6.45) is 1.46. The van der Waals surface area contributed by atoms with Crippen molar-refractivity contribution in [3.63, 3.8) is 0 Å². The van der Waals surface area contributed by atoms with Crippen LogP contribution in [-0.2, 0) is 0 Å². The Kier molecular flexibility index (Phi) is 3.31. The van der Waals surface area contributed by atoms with E-state index in [1.165, 1.54) is 6.33 Å². The lowest BCUT2D eigenvalue weighted by Gasteiger charge is -2.11. The van der Waals surface area contributed by atoms with Crippen LogP contribution in [-0.4, -0.2) is 17.1 Å². The van der Waals surface area contributed by atoms with Gasteiger partial charge in [0.2, 0.25) is 5.88 Å². The molecule has 0 bridgehead atoms. The van der Waals surface area contributed by atoms with Gasteiger partial charge in [-0.2, -0.15) is 0 Å². The molecule has 0 fully saturated rings.